The van der Waals surface area contributed by atoms with Crippen LogP contribution in [-0.2, 0) is 0 Å². The molecule has 0 aromatic heterocycles. The monoisotopic (exact) mass is 170 g/mol. The van der Waals surface area contributed by atoms with Gasteiger partial charge in [0.25, 0.3) is 0 Å². The Bertz CT molecular complexity index is 208. The smallest absolute Gasteiger partial charge is 0.0910 e. The molecule has 0 spiro atoms. The summed E-state index contributed by atoms with van der Waals surface area (Å²) in [5, 5.41) is 19.7. The van der Waals surface area contributed by atoms with Gasteiger partial charge in [-0.15, -0.1) is 0 Å². The molecular weight excluding hydrogens is 152 g/mol. The second kappa shape index (κ2) is 2.05. The van der Waals surface area contributed by atoms with E-state index >= 15 is 0 Å². The molecule has 3 saturated carbocycles. The molecule has 0 saturated heterocycles. The number of hydrogen-bond acceptors (Lipinski definition) is 2. The van der Waals surface area contributed by atoms with Crippen molar-refractivity contribution in [1.82, 2.24) is 0 Å². The molecule has 0 aromatic rings. The Balaban J connectivity index is 2.27. The Morgan fingerprint density at radius 1 is 1.17 bits per heavy atom. The van der Waals surface area contributed by atoms with Gasteiger partial charge in [-0.3, -0.25) is 0 Å². The summed E-state index contributed by atoms with van der Waals surface area (Å²) in [6, 6.07) is 0. The van der Waals surface area contributed by atoms with Gasteiger partial charge in [0, 0.05) is 0 Å². The van der Waals surface area contributed by atoms with Crippen LogP contribution in [0.4, 0.5) is 0 Å². The van der Waals surface area contributed by atoms with Crippen LogP contribution in [0.1, 0.15) is 33.6 Å². The Hall–Kier alpha value is -0.0800. The fraction of sp³-hybridized carbons (Fsp3) is 1.00. The van der Waals surface area contributed by atoms with Crippen molar-refractivity contribution in [3.05, 3.63) is 0 Å². The summed E-state index contributed by atoms with van der Waals surface area (Å²) in [5.41, 5.74) is -0.610. The molecular formula is C10H18O2. The number of aliphatic hydroxyl groups is 2. The van der Waals surface area contributed by atoms with E-state index in [1.807, 2.05) is 0 Å². The summed E-state index contributed by atoms with van der Waals surface area (Å²) in [4.78, 5) is 0. The largest absolute Gasteiger partial charge is 0.390 e. The quantitative estimate of drug-likeness (QED) is 0.573. The third-order valence-corrected chi connectivity index (χ3v) is 4.36. The normalized spacial score (nSPS) is 56.2. The molecule has 2 bridgehead atoms. The minimum atomic E-state index is -0.849. The van der Waals surface area contributed by atoms with Gasteiger partial charge >= 0.3 is 0 Å². The van der Waals surface area contributed by atoms with Gasteiger partial charge in [0.15, 0.2) is 0 Å². The third kappa shape index (κ3) is 0.775. The van der Waals surface area contributed by atoms with Gasteiger partial charge in [0.05, 0.1) is 11.7 Å². The lowest BCUT2D eigenvalue weighted by atomic mass is 9.43. The van der Waals surface area contributed by atoms with Crippen LogP contribution in [0.3, 0.4) is 0 Å². The van der Waals surface area contributed by atoms with Crippen LogP contribution >= 0.6 is 0 Å². The predicted molar refractivity (Wildman–Crippen MR) is 46.6 cm³/mol. The second-order valence-electron chi connectivity index (χ2n) is 5.28. The molecule has 12 heavy (non-hydrogen) atoms. The first-order chi connectivity index (χ1) is 5.37. The minimum absolute atomic E-state index is 0.239. The fourth-order valence-corrected chi connectivity index (χ4v) is 3.15. The van der Waals surface area contributed by atoms with E-state index in [4.69, 9.17) is 0 Å². The zero-order valence-corrected chi connectivity index (χ0v) is 8.04. The molecule has 2 nitrogen and oxygen atoms in total. The van der Waals surface area contributed by atoms with Crippen LogP contribution in [0.15, 0.2) is 0 Å². The zero-order chi connectivity index (χ0) is 9.15. The highest BCUT2D eigenvalue weighted by Gasteiger charge is 2.62. The van der Waals surface area contributed by atoms with Gasteiger partial charge in [0.1, 0.15) is 0 Å². The van der Waals surface area contributed by atoms with Gasteiger partial charge in [-0.25, -0.2) is 0 Å². The van der Waals surface area contributed by atoms with Gasteiger partial charge in [-0.1, -0.05) is 13.8 Å². The lowest BCUT2D eigenvalue weighted by molar-refractivity contribution is -0.245. The van der Waals surface area contributed by atoms with Crippen LogP contribution < -0.4 is 0 Å². The Labute approximate surface area is 73.6 Å². The molecule has 4 atom stereocenters. The first kappa shape index (κ1) is 8.52. The van der Waals surface area contributed by atoms with E-state index < -0.39 is 11.7 Å². The standard InChI is InChI=1S/C10H18O2/c1-9(2)6-4-7(9)10(3,12)8(11)5-6/h6-8,11-12H,4-5H2,1-3H3/t6-,7-,8-,10-/m0/s1. The second-order valence-corrected chi connectivity index (χ2v) is 5.28. The van der Waals surface area contributed by atoms with Crippen molar-refractivity contribution in [2.24, 2.45) is 17.3 Å². The molecule has 0 unspecified atom stereocenters. The third-order valence-electron chi connectivity index (χ3n) is 4.36. The van der Waals surface area contributed by atoms with E-state index in [2.05, 4.69) is 13.8 Å². The molecule has 0 aromatic carbocycles. The zero-order valence-electron chi connectivity index (χ0n) is 8.04. The highest BCUT2D eigenvalue weighted by atomic mass is 16.3. The molecule has 0 amide bonds. The molecule has 2 heteroatoms. The molecule has 3 aliphatic carbocycles. The molecule has 2 N–H and O–H groups in total. The van der Waals surface area contributed by atoms with Crippen molar-refractivity contribution in [3.8, 4) is 0 Å². The van der Waals surface area contributed by atoms with E-state index in [0.717, 1.165) is 12.8 Å². The topological polar surface area (TPSA) is 40.5 Å². The van der Waals surface area contributed by atoms with Crippen LogP contribution in [0.2, 0.25) is 0 Å². The van der Waals surface area contributed by atoms with E-state index in [1.165, 1.54) is 0 Å². The predicted octanol–water partition coefficient (Wildman–Crippen LogP) is 1.16. The molecule has 70 valence electrons. The summed E-state index contributed by atoms with van der Waals surface area (Å²) < 4.78 is 0. The molecule has 3 rings (SSSR count). The van der Waals surface area contributed by atoms with Crippen molar-refractivity contribution < 1.29 is 10.2 Å². The van der Waals surface area contributed by atoms with Crippen molar-refractivity contribution in [1.29, 1.82) is 0 Å². The van der Waals surface area contributed by atoms with Gasteiger partial charge < -0.3 is 10.2 Å². The molecule has 0 aliphatic heterocycles. The van der Waals surface area contributed by atoms with E-state index in [-0.39, 0.29) is 5.41 Å². The number of rotatable bonds is 0. The number of hydrogen-bond donors (Lipinski definition) is 2. The first-order valence-corrected chi connectivity index (χ1v) is 4.77. The maximum Gasteiger partial charge on any atom is 0.0910 e. The average Bonchev–Trinajstić information content (AvgIpc) is 1.93. The Kier molecular flexibility index (Phi) is 1.45. The van der Waals surface area contributed by atoms with Gasteiger partial charge in [-0.05, 0) is 37.0 Å². The van der Waals surface area contributed by atoms with Crippen LogP contribution in [-0.4, -0.2) is 21.9 Å². The summed E-state index contributed by atoms with van der Waals surface area (Å²) in [6.45, 7) is 6.18. The van der Waals surface area contributed by atoms with E-state index in [0.29, 0.717) is 11.8 Å². The highest BCUT2D eigenvalue weighted by molar-refractivity contribution is 5.12. The van der Waals surface area contributed by atoms with E-state index in [1.54, 1.807) is 6.92 Å². The van der Waals surface area contributed by atoms with Crippen LogP contribution in [0, 0.1) is 17.3 Å². The lowest BCUT2D eigenvalue weighted by Crippen LogP contribution is -2.66. The molecule has 3 fully saturated rings. The van der Waals surface area contributed by atoms with Gasteiger partial charge in [0.2, 0.25) is 0 Å². The molecule has 0 radical (unpaired) electrons. The highest BCUT2D eigenvalue weighted by Crippen LogP contribution is 2.62. The molecule has 0 heterocycles. The first-order valence-electron chi connectivity index (χ1n) is 4.77. The van der Waals surface area contributed by atoms with Gasteiger partial charge in [-0.2, -0.15) is 0 Å². The lowest BCUT2D eigenvalue weighted by Gasteiger charge is -2.64. The van der Waals surface area contributed by atoms with Crippen molar-refractivity contribution in [3.63, 3.8) is 0 Å². The maximum absolute atomic E-state index is 10.0. The average molecular weight is 170 g/mol. The van der Waals surface area contributed by atoms with Crippen LogP contribution in [0.5, 0.6) is 0 Å². The SMILES string of the molecule is CC1(C)[C@@H]2C[C@H](O)[C@@](C)(O)[C@H]1C2. The summed E-state index contributed by atoms with van der Waals surface area (Å²) in [7, 11) is 0. The van der Waals surface area contributed by atoms with Crippen molar-refractivity contribution in [2.75, 3.05) is 0 Å². The summed E-state index contributed by atoms with van der Waals surface area (Å²) >= 11 is 0. The van der Waals surface area contributed by atoms with E-state index in [9.17, 15) is 10.2 Å². The van der Waals surface area contributed by atoms with Crippen LogP contribution in [0.25, 0.3) is 0 Å². The van der Waals surface area contributed by atoms with Crippen molar-refractivity contribution in [2.45, 2.75) is 45.3 Å². The van der Waals surface area contributed by atoms with Crippen molar-refractivity contribution >= 4 is 0 Å². The number of aliphatic hydroxyl groups excluding tert-OH is 1. The minimum Gasteiger partial charge on any atom is -0.390 e. The Morgan fingerprint density at radius 2 is 1.75 bits per heavy atom. The Morgan fingerprint density at radius 3 is 2.08 bits per heavy atom. The molecule has 3 aliphatic rings. The number of fused-ring (bicyclic) bond motifs is 2. The fourth-order valence-electron chi connectivity index (χ4n) is 3.15. The summed E-state index contributed by atoms with van der Waals surface area (Å²) in [6.07, 6.45) is 1.36. The maximum atomic E-state index is 10.0. The summed E-state index contributed by atoms with van der Waals surface area (Å²) in [5.74, 6) is 0.913.